The molecule has 0 bridgehead atoms. The van der Waals surface area contributed by atoms with Crippen LogP contribution >= 0.6 is 11.6 Å². The molecule has 8 heteroatoms. The molecule has 1 unspecified atom stereocenters. The topological polar surface area (TPSA) is 74.7 Å². The zero-order valence-electron chi connectivity index (χ0n) is 18.7. The van der Waals surface area contributed by atoms with E-state index in [1.54, 1.807) is 30.3 Å². The predicted octanol–water partition coefficient (Wildman–Crippen LogP) is 5.36. The largest absolute Gasteiger partial charge is 0.490 e. The third kappa shape index (κ3) is 8.12. The van der Waals surface area contributed by atoms with E-state index >= 15 is 0 Å². The molecular formula is C25H28ClNO5S. The summed E-state index contributed by atoms with van der Waals surface area (Å²) in [7, 11) is -3.87. The summed E-state index contributed by atoms with van der Waals surface area (Å²) in [5.41, 5.74) is 2.81. The van der Waals surface area contributed by atoms with E-state index in [1.165, 1.54) is 0 Å². The number of hydrogen-bond donors (Lipinski definition) is 0. The van der Waals surface area contributed by atoms with Gasteiger partial charge in [-0.1, -0.05) is 59.6 Å². The van der Waals surface area contributed by atoms with Crippen LogP contribution in [0, 0.1) is 19.8 Å². The van der Waals surface area contributed by atoms with Crippen molar-refractivity contribution in [3.8, 4) is 5.75 Å². The standard InChI is InChI=1S/C25H28ClNO5S/c1-19-8-11-23(12-9-19)33(28,29)32-18-22(17-30-16-21-6-4-3-5-7-21)14-15-31-24-13-10-20(2)27-25(24)26/h3-13,22H,14-18H2,1-2H3. The van der Waals surface area contributed by atoms with E-state index in [0.717, 1.165) is 16.8 Å². The highest BCUT2D eigenvalue weighted by Gasteiger charge is 2.19. The van der Waals surface area contributed by atoms with Gasteiger partial charge in [0.05, 0.1) is 31.3 Å². The first-order valence-corrected chi connectivity index (χ1v) is 12.5. The van der Waals surface area contributed by atoms with Gasteiger partial charge in [-0.3, -0.25) is 4.18 Å². The van der Waals surface area contributed by atoms with Gasteiger partial charge in [-0.25, -0.2) is 4.98 Å². The molecule has 6 nitrogen and oxygen atoms in total. The van der Waals surface area contributed by atoms with E-state index in [0.29, 0.717) is 37.1 Å². The summed E-state index contributed by atoms with van der Waals surface area (Å²) in [5, 5.41) is 0.296. The minimum absolute atomic E-state index is 0.0196. The quantitative estimate of drug-likeness (QED) is 0.252. The number of halogens is 1. The molecule has 1 aromatic heterocycles. The Balaban J connectivity index is 1.59. The average molecular weight is 490 g/mol. The van der Waals surface area contributed by atoms with Crippen molar-refractivity contribution < 1.29 is 22.1 Å². The van der Waals surface area contributed by atoms with Crippen molar-refractivity contribution in [3.05, 3.63) is 88.7 Å². The lowest BCUT2D eigenvalue weighted by molar-refractivity contribution is 0.0598. The number of hydrogen-bond acceptors (Lipinski definition) is 6. The van der Waals surface area contributed by atoms with E-state index in [-0.39, 0.29) is 17.4 Å². The van der Waals surface area contributed by atoms with Gasteiger partial charge in [0.15, 0.2) is 10.9 Å². The minimum Gasteiger partial charge on any atom is -0.490 e. The molecule has 0 aliphatic carbocycles. The number of rotatable bonds is 12. The van der Waals surface area contributed by atoms with Crippen LogP contribution in [0.5, 0.6) is 5.75 Å². The molecule has 0 N–H and O–H groups in total. The zero-order chi connectivity index (χ0) is 23.7. The van der Waals surface area contributed by atoms with Crippen LogP contribution in [0.4, 0.5) is 0 Å². The van der Waals surface area contributed by atoms with Crippen molar-refractivity contribution in [2.45, 2.75) is 31.8 Å². The minimum atomic E-state index is -3.87. The molecule has 0 saturated heterocycles. The first kappa shape index (κ1) is 25.2. The number of pyridine rings is 1. The molecule has 2 aromatic carbocycles. The van der Waals surface area contributed by atoms with Gasteiger partial charge in [0.25, 0.3) is 10.1 Å². The van der Waals surface area contributed by atoms with Crippen molar-refractivity contribution in [2.24, 2.45) is 5.92 Å². The SMILES string of the molecule is Cc1ccc(S(=O)(=O)OCC(CCOc2ccc(C)nc2Cl)COCc2ccccc2)cc1. The maximum atomic E-state index is 12.6. The summed E-state index contributed by atoms with van der Waals surface area (Å²) in [5.74, 6) is 0.283. The van der Waals surface area contributed by atoms with Crippen LogP contribution in [0.1, 0.15) is 23.2 Å². The molecule has 3 aromatic rings. The fraction of sp³-hybridized carbons (Fsp3) is 0.320. The third-order valence-electron chi connectivity index (χ3n) is 4.97. The molecule has 3 rings (SSSR count). The smallest absolute Gasteiger partial charge is 0.296 e. The Bertz CT molecular complexity index is 1120. The van der Waals surface area contributed by atoms with Gasteiger partial charge in [-0.05, 0) is 50.1 Å². The highest BCUT2D eigenvalue weighted by atomic mass is 35.5. The van der Waals surface area contributed by atoms with Gasteiger partial charge in [-0.2, -0.15) is 8.42 Å². The van der Waals surface area contributed by atoms with Gasteiger partial charge in [0.2, 0.25) is 0 Å². The molecule has 0 fully saturated rings. The lowest BCUT2D eigenvalue weighted by Crippen LogP contribution is -2.21. The number of benzene rings is 2. The van der Waals surface area contributed by atoms with E-state index in [2.05, 4.69) is 4.98 Å². The van der Waals surface area contributed by atoms with Crippen LogP contribution in [0.3, 0.4) is 0 Å². The lowest BCUT2D eigenvalue weighted by atomic mass is 10.1. The normalized spacial score (nSPS) is 12.5. The maximum Gasteiger partial charge on any atom is 0.296 e. The van der Waals surface area contributed by atoms with Crippen molar-refractivity contribution in [2.75, 3.05) is 19.8 Å². The summed E-state index contributed by atoms with van der Waals surface area (Å²) in [4.78, 5) is 4.30. The van der Waals surface area contributed by atoms with Crippen LogP contribution in [-0.4, -0.2) is 33.2 Å². The van der Waals surface area contributed by atoms with Gasteiger partial charge < -0.3 is 9.47 Å². The maximum absolute atomic E-state index is 12.6. The summed E-state index contributed by atoms with van der Waals surface area (Å²) >= 11 is 6.13. The van der Waals surface area contributed by atoms with Gasteiger partial charge in [-0.15, -0.1) is 0 Å². The summed E-state index contributed by atoms with van der Waals surface area (Å²) < 4.78 is 42.2. The summed E-state index contributed by atoms with van der Waals surface area (Å²) in [6.45, 7) is 4.79. The Labute approximate surface area is 200 Å². The first-order chi connectivity index (χ1) is 15.8. The lowest BCUT2D eigenvalue weighted by Gasteiger charge is -2.18. The molecule has 0 aliphatic rings. The third-order valence-corrected chi connectivity index (χ3v) is 6.54. The molecular weight excluding hydrogens is 462 g/mol. The number of nitrogens with zero attached hydrogens (tertiary/aromatic N) is 1. The highest BCUT2D eigenvalue weighted by molar-refractivity contribution is 7.86. The second-order valence-electron chi connectivity index (χ2n) is 7.80. The predicted molar refractivity (Wildman–Crippen MR) is 128 cm³/mol. The second-order valence-corrected chi connectivity index (χ2v) is 9.77. The van der Waals surface area contributed by atoms with Crippen LogP contribution in [0.25, 0.3) is 0 Å². The molecule has 1 atom stereocenters. The van der Waals surface area contributed by atoms with Gasteiger partial charge in [0.1, 0.15) is 0 Å². The van der Waals surface area contributed by atoms with Crippen molar-refractivity contribution >= 4 is 21.7 Å². The van der Waals surface area contributed by atoms with Crippen LogP contribution < -0.4 is 4.74 Å². The van der Waals surface area contributed by atoms with E-state index in [4.69, 9.17) is 25.3 Å². The zero-order valence-corrected chi connectivity index (χ0v) is 20.3. The number of ether oxygens (including phenoxy) is 2. The Hall–Kier alpha value is -2.45. The molecule has 0 radical (unpaired) electrons. The average Bonchev–Trinajstić information content (AvgIpc) is 2.79. The fourth-order valence-corrected chi connectivity index (χ4v) is 4.27. The first-order valence-electron chi connectivity index (χ1n) is 10.7. The summed E-state index contributed by atoms with van der Waals surface area (Å²) in [6, 6.07) is 19.9. The highest BCUT2D eigenvalue weighted by Crippen LogP contribution is 2.23. The van der Waals surface area contributed by atoms with Gasteiger partial charge in [0, 0.05) is 11.6 Å². The Morgan fingerprint density at radius 2 is 1.67 bits per heavy atom. The van der Waals surface area contributed by atoms with E-state index in [9.17, 15) is 8.42 Å². The molecule has 1 heterocycles. The van der Waals surface area contributed by atoms with Crippen LogP contribution in [-0.2, 0) is 25.6 Å². The van der Waals surface area contributed by atoms with E-state index < -0.39 is 10.1 Å². The van der Waals surface area contributed by atoms with Crippen LogP contribution in [0.2, 0.25) is 5.15 Å². The fourth-order valence-electron chi connectivity index (χ4n) is 3.05. The molecule has 0 saturated carbocycles. The Morgan fingerprint density at radius 1 is 0.939 bits per heavy atom. The van der Waals surface area contributed by atoms with Gasteiger partial charge >= 0.3 is 0 Å². The number of aromatic nitrogens is 1. The molecule has 33 heavy (non-hydrogen) atoms. The number of aryl methyl sites for hydroxylation is 2. The monoisotopic (exact) mass is 489 g/mol. The van der Waals surface area contributed by atoms with Crippen LogP contribution in [0.15, 0.2) is 71.6 Å². The molecule has 0 aliphatic heterocycles. The summed E-state index contributed by atoms with van der Waals surface area (Å²) in [6.07, 6.45) is 0.516. The van der Waals surface area contributed by atoms with E-state index in [1.807, 2.05) is 50.2 Å². The Kier molecular flexibility index (Phi) is 9.26. The van der Waals surface area contributed by atoms with Crippen molar-refractivity contribution in [1.29, 1.82) is 0 Å². The second kappa shape index (κ2) is 12.1. The Morgan fingerprint density at radius 3 is 2.36 bits per heavy atom. The van der Waals surface area contributed by atoms with Crippen molar-refractivity contribution in [3.63, 3.8) is 0 Å². The molecule has 176 valence electrons. The molecule has 0 amide bonds. The van der Waals surface area contributed by atoms with Crippen molar-refractivity contribution in [1.82, 2.24) is 4.98 Å². The molecule has 0 spiro atoms.